The van der Waals surface area contributed by atoms with Crippen LogP contribution in [0.2, 0.25) is 0 Å². The lowest BCUT2D eigenvalue weighted by Crippen LogP contribution is -1.95. The molecule has 0 N–H and O–H groups in total. The molecule has 0 fully saturated rings. The highest BCUT2D eigenvalue weighted by molar-refractivity contribution is 7.26. The van der Waals surface area contributed by atoms with Gasteiger partial charge in [0.2, 0.25) is 0 Å². The van der Waals surface area contributed by atoms with Crippen LogP contribution in [0.15, 0.2) is 54.7 Å². The van der Waals surface area contributed by atoms with Crippen molar-refractivity contribution < 1.29 is 2.74 Å². The van der Waals surface area contributed by atoms with E-state index in [9.17, 15) is 0 Å². The molecule has 120 valence electrons. The average molecular weight is 333 g/mol. The van der Waals surface area contributed by atoms with Crippen molar-refractivity contribution in [2.24, 2.45) is 5.92 Å². The summed E-state index contributed by atoms with van der Waals surface area (Å²) in [6.45, 7) is 5.93. The molecule has 2 aromatic carbocycles. The van der Waals surface area contributed by atoms with E-state index in [0.717, 1.165) is 11.3 Å². The molecule has 1 nitrogen and oxygen atoms in total. The van der Waals surface area contributed by atoms with Crippen LogP contribution in [0.4, 0.5) is 0 Å². The third-order valence-electron chi connectivity index (χ3n) is 4.11. The second kappa shape index (κ2) is 6.03. The number of aromatic nitrogens is 1. The van der Waals surface area contributed by atoms with Gasteiger partial charge in [0.05, 0.1) is 5.69 Å². The second-order valence-electron chi connectivity index (χ2n) is 6.52. The van der Waals surface area contributed by atoms with E-state index in [4.69, 9.17) is 2.74 Å². The first kappa shape index (κ1) is 13.1. The Morgan fingerprint density at radius 2 is 1.92 bits per heavy atom. The lowest BCUT2D eigenvalue weighted by atomic mass is 9.99. The molecule has 0 aliphatic heterocycles. The zero-order valence-corrected chi connectivity index (χ0v) is 14.9. The lowest BCUT2D eigenvalue weighted by molar-refractivity contribution is 0.647. The highest BCUT2D eigenvalue weighted by Crippen LogP contribution is 2.40. The first-order chi connectivity index (χ1) is 12.4. The summed E-state index contributed by atoms with van der Waals surface area (Å²) in [6, 6.07) is 16.6. The van der Waals surface area contributed by atoms with E-state index < -0.39 is 6.37 Å². The van der Waals surface area contributed by atoms with Gasteiger partial charge < -0.3 is 0 Å². The standard InChI is InChI=1S/C22H21NS/c1-14(2)10-16-8-9-23-20(13-16)19-12-15(3)11-18-17-6-4-5-7-21(17)24-22(18)19/h4-9,11-14H,10H2,1-3H3/i10D2. The second-order valence-corrected chi connectivity index (χ2v) is 7.57. The number of hydrogen-bond donors (Lipinski definition) is 0. The maximum absolute atomic E-state index is 8.42. The first-order valence-electron chi connectivity index (χ1n) is 9.26. The third-order valence-corrected chi connectivity index (χ3v) is 5.33. The molecule has 0 aliphatic rings. The number of aryl methyl sites for hydroxylation is 1. The minimum atomic E-state index is -1.37. The summed E-state index contributed by atoms with van der Waals surface area (Å²) in [5.74, 6) is -0.0976. The molecule has 0 bridgehead atoms. The highest BCUT2D eigenvalue weighted by atomic mass is 32.1. The largest absolute Gasteiger partial charge is 0.256 e. The molecule has 0 atom stereocenters. The molecule has 0 saturated carbocycles. The summed E-state index contributed by atoms with van der Waals surface area (Å²) in [5.41, 5.74) is 3.80. The molecule has 24 heavy (non-hydrogen) atoms. The van der Waals surface area contributed by atoms with E-state index in [1.807, 2.05) is 19.9 Å². The summed E-state index contributed by atoms with van der Waals surface area (Å²) in [6.07, 6.45) is 0.354. The van der Waals surface area contributed by atoms with Crippen LogP contribution >= 0.6 is 11.3 Å². The molecule has 0 aliphatic carbocycles. The van der Waals surface area contributed by atoms with Gasteiger partial charge in [0.15, 0.2) is 0 Å². The van der Waals surface area contributed by atoms with E-state index in [2.05, 4.69) is 48.3 Å². The van der Waals surface area contributed by atoms with E-state index in [-0.39, 0.29) is 5.92 Å². The topological polar surface area (TPSA) is 12.9 Å². The number of pyridine rings is 1. The SMILES string of the molecule is [2H]C([2H])(c1ccnc(-c2cc(C)cc3c2sc2ccccc23)c1)C(C)C. The minimum Gasteiger partial charge on any atom is -0.256 e. The van der Waals surface area contributed by atoms with Gasteiger partial charge in [-0.1, -0.05) is 32.0 Å². The fourth-order valence-electron chi connectivity index (χ4n) is 3.16. The van der Waals surface area contributed by atoms with Gasteiger partial charge in [-0.3, -0.25) is 4.98 Å². The van der Waals surface area contributed by atoms with Crippen molar-refractivity contribution in [2.45, 2.75) is 27.1 Å². The molecule has 2 heteroatoms. The molecule has 0 amide bonds. The molecule has 0 radical (unpaired) electrons. The fraction of sp³-hybridized carbons (Fsp3) is 0.227. The van der Waals surface area contributed by atoms with Gasteiger partial charge in [0.25, 0.3) is 0 Å². The van der Waals surface area contributed by atoms with Crippen molar-refractivity contribution in [3.8, 4) is 11.3 Å². The van der Waals surface area contributed by atoms with Crippen molar-refractivity contribution in [1.29, 1.82) is 0 Å². The van der Waals surface area contributed by atoms with Crippen molar-refractivity contribution >= 4 is 31.5 Å². The Balaban J connectivity index is 1.98. The van der Waals surface area contributed by atoms with Gasteiger partial charge in [-0.2, -0.15) is 0 Å². The van der Waals surface area contributed by atoms with Crippen molar-refractivity contribution in [2.75, 3.05) is 0 Å². The average Bonchev–Trinajstić information content (AvgIpc) is 2.99. The summed E-state index contributed by atoms with van der Waals surface area (Å²) in [5, 5.41) is 2.52. The van der Waals surface area contributed by atoms with Gasteiger partial charge in [0, 0.05) is 34.7 Å². The molecular weight excluding hydrogens is 310 g/mol. The van der Waals surface area contributed by atoms with Gasteiger partial charge >= 0.3 is 0 Å². The molecule has 0 spiro atoms. The third kappa shape index (κ3) is 2.71. The van der Waals surface area contributed by atoms with Crippen LogP contribution in [-0.2, 0) is 6.37 Å². The van der Waals surface area contributed by atoms with E-state index in [1.165, 1.54) is 25.7 Å². The van der Waals surface area contributed by atoms with Crippen LogP contribution in [0.5, 0.6) is 0 Å². The lowest BCUT2D eigenvalue weighted by Gasteiger charge is -2.09. The van der Waals surface area contributed by atoms with Crippen LogP contribution < -0.4 is 0 Å². The van der Waals surface area contributed by atoms with Gasteiger partial charge in [-0.05, 0) is 60.7 Å². The number of nitrogens with zero attached hydrogens (tertiary/aromatic N) is 1. The maximum Gasteiger partial charge on any atom is 0.0719 e. The zero-order valence-electron chi connectivity index (χ0n) is 16.1. The van der Waals surface area contributed by atoms with Crippen molar-refractivity contribution in [3.63, 3.8) is 0 Å². The predicted molar refractivity (Wildman–Crippen MR) is 106 cm³/mol. The Kier molecular flexibility index (Phi) is 3.30. The van der Waals surface area contributed by atoms with Crippen LogP contribution in [-0.4, -0.2) is 4.98 Å². The molecule has 4 aromatic rings. The van der Waals surface area contributed by atoms with E-state index >= 15 is 0 Å². The molecule has 0 unspecified atom stereocenters. The Labute approximate surface area is 149 Å². The Morgan fingerprint density at radius 3 is 2.75 bits per heavy atom. The minimum absolute atomic E-state index is 0.0976. The fourth-order valence-corrected chi connectivity index (χ4v) is 4.37. The summed E-state index contributed by atoms with van der Waals surface area (Å²) < 4.78 is 19.3. The van der Waals surface area contributed by atoms with Crippen LogP contribution in [0.1, 0.15) is 27.7 Å². The molecule has 0 saturated heterocycles. The Hall–Kier alpha value is -2.19. The van der Waals surface area contributed by atoms with Crippen LogP contribution in [0.25, 0.3) is 31.4 Å². The monoisotopic (exact) mass is 333 g/mol. The normalized spacial score (nSPS) is 13.5. The van der Waals surface area contributed by atoms with Crippen molar-refractivity contribution in [3.05, 3.63) is 65.9 Å². The summed E-state index contributed by atoms with van der Waals surface area (Å²) in [7, 11) is 0. The quantitative estimate of drug-likeness (QED) is 0.410. The predicted octanol–water partition coefficient (Wildman–Crippen LogP) is 6.62. The van der Waals surface area contributed by atoms with E-state index in [0.29, 0.717) is 5.56 Å². The van der Waals surface area contributed by atoms with Gasteiger partial charge in [0.1, 0.15) is 0 Å². The summed E-state index contributed by atoms with van der Waals surface area (Å²) >= 11 is 1.78. The number of thiophene rings is 1. The molecule has 4 rings (SSSR count). The molecular formula is C22H21NS. The number of rotatable bonds is 3. The highest BCUT2D eigenvalue weighted by Gasteiger charge is 2.12. The van der Waals surface area contributed by atoms with Crippen molar-refractivity contribution in [1.82, 2.24) is 4.98 Å². The number of fused-ring (bicyclic) bond motifs is 3. The number of hydrogen-bond acceptors (Lipinski definition) is 2. The van der Waals surface area contributed by atoms with Gasteiger partial charge in [-0.15, -0.1) is 11.3 Å². The van der Waals surface area contributed by atoms with Gasteiger partial charge in [-0.25, -0.2) is 0 Å². The number of benzene rings is 2. The molecule has 2 heterocycles. The molecule has 2 aromatic heterocycles. The van der Waals surface area contributed by atoms with Crippen LogP contribution in [0.3, 0.4) is 0 Å². The van der Waals surface area contributed by atoms with E-state index in [1.54, 1.807) is 23.6 Å². The Morgan fingerprint density at radius 1 is 1.08 bits per heavy atom. The van der Waals surface area contributed by atoms with Crippen LogP contribution in [0, 0.1) is 12.8 Å². The first-order valence-corrected chi connectivity index (χ1v) is 9.08. The maximum atomic E-state index is 8.42. The smallest absolute Gasteiger partial charge is 0.0719 e. The summed E-state index contributed by atoms with van der Waals surface area (Å²) in [4.78, 5) is 4.58. The Bertz CT molecular complexity index is 1110. The zero-order chi connectivity index (χ0) is 18.5.